The molecule has 1 heterocycles. The number of aromatic amines is 1. The van der Waals surface area contributed by atoms with Crippen LogP contribution in [0.2, 0.25) is 0 Å². The van der Waals surface area contributed by atoms with E-state index in [9.17, 15) is 0 Å². The molecule has 0 saturated heterocycles. The first-order valence-corrected chi connectivity index (χ1v) is 10.1. The second-order valence-corrected chi connectivity index (χ2v) is 7.78. The second kappa shape index (κ2) is 7.47. The second-order valence-electron chi connectivity index (χ2n) is 7.78. The normalized spacial score (nSPS) is 18.3. The molecule has 0 amide bonds. The highest BCUT2D eigenvalue weighted by Crippen LogP contribution is 2.34. The minimum absolute atomic E-state index is 0.119. The fraction of sp³-hybridized carbons (Fsp3) is 0.240. The number of nitrogens with zero attached hydrogens (tertiary/aromatic N) is 1. The Morgan fingerprint density at radius 2 is 1.90 bits per heavy atom. The van der Waals surface area contributed by atoms with Crippen molar-refractivity contribution in [2.24, 2.45) is 0 Å². The molecule has 29 heavy (non-hydrogen) atoms. The standard InChI is InChI=1S/C25H25N3O/c1-16-20(11-12-22-24(16)28-15-27-22)18-9-7-17(8-10-18)14-26-23-13-19-5-3-4-6-21(19)25(23)29-2/h3-12,15,23,25-26H,13-14H2,1-2H3,(H,27,28). The van der Waals surface area contributed by atoms with Gasteiger partial charge in [-0.05, 0) is 52.8 Å². The Labute approximate surface area is 171 Å². The Morgan fingerprint density at radius 3 is 2.72 bits per heavy atom. The van der Waals surface area contributed by atoms with Crippen molar-refractivity contribution < 1.29 is 4.74 Å². The van der Waals surface area contributed by atoms with Gasteiger partial charge in [-0.15, -0.1) is 0 Å². The van der Waals surface area contributed by atoms with Crippen molar-refractivity contribution in [1.82, 2.24) is 15.3 Å². The first kappa shape index (κ1) is 18.1. The zero-order chi connectivity index (χ0) is 19.8. The van der Waals surface area contributed by atoms with Crippen LogP contribution in [0.3, 0.4) is 0 Å². The number of benzene rings is 3. The molecule has 3 aromatic carbocycles. The molecule has 0 saturated carbocycles. The van der Waals surface area contributed by atoms with E-state index in [0.29, 0.717) is 6.04 Å². The summed E-state index contributed by atoms with van der Waals surface area (Å²) >= 11 is 0. The number of fused-ring (bicyclic) bond motifs is 2. The van der Waals surface area contributed by atoms with Crippen molar-refractivity contribution in [1.29, 1.82) is 0 Å². The maximum absolute atomic E-state index is 5.79. The Bertz CT molecular complexity index is 1150. The zero-order valence-corrected chi connectivity index (χ0v) is 16.8. The van der Waals surface area contributed by atoms with Crippen LogP contribution in [0, 0.1) is 6.92 Å². The van der Waals surface area contributed by atoms with Gasteiger partial charge in [-0.25, -0.2) is 4.98 Å². The quantitative estimate of drug-likeness (QED) is 0.513. The van der Waals surface area contributed by atoms with Crippen molar-refractivity contribution in [3.8, 4) is 11.1 Å². The number of ether oxygens (including phenoxy) is 1. The molecule has 2 atom stereocenters. The van der Waals surface area contributed by atoms with Gasteiger partial charge >= 0.3 is 0 Å². The third-order valence-corrected chi connectivity index (χ3v) is 6.10. The average Bonchev–Trinajstić information content (AvgIpc) is 3.37. The number of methoxy groups -OCH3 is 1. The molecule has 1 aromatic heterocycles. The van der Waals surface area contributed by atoms with Crippen molar-refractivity contribution in [3.05, 3.63) is 89.2 Å². The van der Waals surface area contributed by atoms with Crippen LogP contribution in [-0.2, 0) is 17.7 Å². The highest BCUT2D eigenvalue weighted by atomic mass is 16.5. The van der Waals surface area contributed by atoms with E-state index in [1.54, 1.807) is 13.4 Å². The summed E-state index contributed by atoms with van der Waals surface area (Å²) in [5, 5.41) is 3.70. The number of hydrogen-bond acceptors (Lipinski definition) is 3. The number of nitrogens with one attached hydrogen (secondary N) is 2. The van der Waals surface area contributed by atoms with Crippen LogP contribution in [0.4, 0.5) is 0 Å². The van der Waals surface area contributed by atoms with Crippen molar-refractivity contribution >= 4 is 11.0 Å². The van der Waals surface area contributed by atoms with Crippen molar-refractivity contribution in [2.75, 3.05) is 7.11 Å². The summed E-state index contributed by atoms with van der Waals surface area (Å²) in [4.78, 5) is 7.63. The average molecular weight is 383 g/mol. The predicted octanol–water partition coefficient (Wildman–Crippen LogP) is 4.94. The van der Waals surface area contributed by atoms with E-state index >= 15 is 0 Å². The van der Waals surface area contributed by atoms with E-state index in [4.69, 9.17) is 4.74 Å². The Hall–Kier alpha value is -2.95. The summed E-state index contributed by atoms with van der Waals surface area (Å²) in [6.45, 7) is 2.97. The molecule has 4 heteroatoms. The van der Waals surface area contributed by atoms with Gasteiger partial charge in [0, 0.05) is 19.7 Å². The van der Waals surface area contributed by atoms with E-state index in [-0.39, 0.29) is 6.10 Å². The van der Waals surface area contributed by atoms with Crippen LogP contribution < -0.4 is 5.32 Å². The minimum Gasteiger partial charge on any atom is -0.375 e. The van der Waals surface area contributed by atoms with Crippen LogP contribution in [-0.4, -0.2) is 23.1 Å². The van der Waals surface area contributed by atoms with Gasteiger partial charge in [-0.3, -0.25) is 0 Å². The molecule has 1 aliphatic rings. The van der Waals surface area contributed by atoms with Crippen molar-refractivity contribution in [3.63, 3.8) is 0 Å². The van der Waals surface area contributed by atoms with Gasteiger partial charge in [-0.1, -0.05) is 54.6 Å². The monoisotopic (exact) mass is 383 g/mol. The Morgan fingerprint density at radius 1 is 1.07 bits per heavy atom. The van der Waals surface area contributed by atoms with Gasteiger partial charge in [0.2, 0.25) is 0 Å². The summed E-state index contributed by atoms with van der Waals surface area (Å²) < 4.78 is 5.79. The van der Waals surface area contributed by atoms with Gasteiger partial charge < -0.3 is 15.0 Å². The molecule has 1 aliphatic carbocycles. The molecular weight excluding hydrogens is 358 g/mol. The third kappa shape index (κ3) is 3.24. The number of imidazole rings is 1. The molecule has 0 fully saturated rings. The number of rotatable bonds is 5. The molecule has 5 rings (SSSR count). The maximum atomic E-state index is 5.79. The molecule has 0 bridgehead atoms. The molecule has 146 valence electrons. The van der Waals surface area contributed by atoms with Crippen LogP contribution in [0.25, 0.3) is 22.2 Å². The third-order valence-electron chi connectivity index (χ3n) is 6.10. The van der Waals surface area contributed by atoms with Gasteiger partial charge in [0.05, 0.1) is 23.5 Å². The molecular formula is C25H25N3O. The van der Waals surface area contributed by atoms with E-state index in [2.05, 4.69) is 82.9 Å². The van der Waals surface area contributed by atoms with Gasteiger partial charge in [-0.2, -0.15) is 0 Å². The zero-order valence-electron chi connectivity index (χ0n) is 16.8. The van der Waals surface area contributed by atoms with Crippen molar-refractivity contribution in [2.45, 2.75) is 32.0 Å². The summed E-state index contributed by atoms with van der Waals surface area (Å²) in [7, 11) is 1.80. The summed E-state index contributed by atoms with van der Waals surface area (Å²) in [5.74, 6) is 0. The fourth-order valence-electron chi connectivity index (χ4n) is 4.54. The largest absolute Gasteiger partial charge is 0.375 e. The Kier molecular flexibility index (Phi) is 4.66. The van der Waals surface area contributed by atoms with Crippen LogP contribution in [0.15, 0.2) is 67.0 Å². The van der Waals surface area contributed by atoms with Crippen LogP contribution in [0.1, 0.15) is 28.4 Å². The molecule has 0 spiro atoms. The van der Waals surface area contributed by atoms with Gasteiger partial charge in [0.1, 0.15) is 0 Å². The van der Waals surface area contributed by atoms with Crippen LogP contribution in [0.5, 0.6) is 0 Å². The first-order valence-electron chi connectivity index (χ1n) is 10.1. The van der Waals surface area contributed by atoms with Gasteiger partial charge in [0.25, 0.3) is 0 Å². The molecule has 2 N–H and O–H groups in total. The van der Waals surface area contributed by atoms with E-state index in [0.717, 1.165) is 24.0 Å². The lowest BCUT2D eigenvalue weighted by molar-refractivity contribution is 0.0777. The summed E-state index contributed by atoms with van der Waals surface area (Å²) in [6, 6.07) is 22.0. The molecule has 0 aliphatic heterocycles. The lowest BCUT2D eigenvalue weighted by Gasteiger charge is -2.20. The minimum atomic E-state index is 0.119. The predicted molar refractivity (Wildman–Crippen MR) is 117 cm³/mol. The number of hydrogen-bond donors (Lipinski definition) is 2. The van der Waals surface area contributed by atoms with E-state index < -0.39 is 0 Å². The van der Waals surface area contributed by atoms with E-state index in [1.165, 1.54) is 33.4 Å². The van der Waals surface area contributed by atoms with Gasteiger partial charge in [0.15, 0.2) is 0 Å². The lowest BCUT2D eigenvalue weighted by Crippen LogP contribution is -2.33. The number of H-pyrrole nitrogens is 1. The summed E-state index contributed by atoms with van der Waals surface area (Å²) in [5.41, 5.74) is 9.76. The SMILES string of the molecule is COC1c2ccccc2CC1NCc1ccc(-c2ccc3[nH]cnc3c2C)cc1. The summed E-state index contributed by atoms with van der Waals surface area (Å²) in [6.07, 6.45) is 2.88. The fourth-order valence-corrected chi connectivity index (χ4v) is 4.54. The highest BCUT2D eigenvalue weighted by Gasteiger charge is 2.31. The molecule has 0 radical (unpaired) electrons. The lowest BCUT2D eigenvalue weighted by atomic mass is 9.98. The number of aryl methyl sites for hydroxylation is 1. The molecule has 4 nitrogen and oxygen atoms in total. The van der Waals surface area contributed by atoms with E-state index in [1.807, 2.05) is 0 Å². The van der Waals surface area contributed by atoms with Crippen LogP contribution >= 0.6 is 0 Å². The highest BCUT2D eigenvalue weighted by molar-refractivity contribution is 5.86. The number of aromatic nitrogens is 2. The Balaban J connectivity index is 1.30. The topological polar surface area (TPSA) is 49.9 Å². The first-order chi connectivity index (χ1) is 14.2. The molecule has 4 aromatic rings. The smallest absolute Gasteiger partial charge is 0.0980 e. The maximum Gasteiger partial charge on any atom is 0.0980 e. The molecule has 2 unspecified atom stereocenters.